The van der Waals surface area contributed by atoms with Gasteiger partial charge in [-0.25, -0.2) is 9.97 Å². The van der Waals surface area contributed by atoms with Crippen LogP contribution in [0.15, 0.2) is 71.5 Å². The average molecular weight is 480 g/mol. The molecule has 2 aromatic carbocycles. The molecule has 1 aliphatic heterocycles. The number of piperidine rings is 1. The van der Waals surface area contributed by atoms with Crippen molar-refractivity contribution in [1.82, 2.24) is 15.3 Å². The molecule has 7 nitrogen and oxygen atoms in total. The molecular weight excluding hydrogens is 458 g/mol. The van der Waals surface area contributed by atoms with E-state index in [1.54, 1.807) is 60.9 Å². The van der Waals surface area contributed by atoms with Gasteiger partial charge < -0.3 is 15.5 Å². The Kier molecular flexibility index (Phi) is 6.57. The number of carbonyl (C=O) groups is 2. The van der Waals surface area contributed by atoms with E-state index in [9.17, 15) is 9.59 Å². The van der Waals surface area contributed by atoms with Gasteiger partial charge in [0, 0.05) is 36.0 Å². The molecule has 1 unspecified atom stereocenters. The summed E-state index contributed by atoms with van der Waals surface area (Å²) in [5, 5.41) is 5.96. The minimum absolute atomic E-state index is 0.0305. The lowest BCUT2D eigenvalue weighted by atomic mass is 10.0. The number of benzene rings is 2. The predicted molar refractivity (Wildman–Crippen MR) is 123 cm³/mol. The zero-order valence-corrected chi connectivity index (χ0v) is 18.4. The molecule has 1 aliphatic rings. The van der Waals surface area contributed by atoms with Crippen molar-refractivity contribution >= 4 is 39.4 Å². The van der Waals surface area contributed by atoms with E-state index in [-0.39, 0.29) is 17.9 Å². The maximum atomic E-state index is 13.0. The molecule has 1 atom stereocenters. The van der Waals surface area contributed by atoms with Crippen LogP contribution in [0.4, 0.5) is 11.6 Å². The number of amides is 2. The van der Waals surface area contributed by atoms with Crippen LogP contribution in [0.25, 0.3) is 0 Å². The molecule has 2 heterocycles. The number of aromatic nitrogens is 2. The maximum Gasteiger partial charge on any atom is 0.256 e. The van der Waals surface area contributed by atoms with Gasteiger partial charge in [0.05, 0.1) is 16.8 Å². The number of nitrogens with zero attached hydrogens (tertiary/aromatic N) is 3. The first-order chi connectivity index (χ1) is 15.1. The van der Waals surface area contributed by atoms with Crippen molar-refractivity contribution < 1.29 is 9.59 Å². The minimum atomic E-state index is -0.280. The predicted octanol–water partition coefficient (Wildman–Crippen LogP) is 3.89. The number of hydrogen-bond acceptors (Lipinski definition) is 5. The van der Waals surface area contributed by atoms with Gasteiger partial charge >= 0.3 is 0 Å². The summed E-state index contributed by atoms with van der Waals surface area (Å²) in [6, 6.07) is 15.9. The largest absolute Gasteiger partial charge is 0.347 e. The average Bonchev–Trinajstić information content (AvgIpc) is 2.80. The fourth-order valence-electron chi connectivity index (χ4n) is 3.62. The van der Waals surface area contributed by atoms with Crippen LogP contribution in [-0.2, 0) is 0 Å². The first-order valence-corrected chi connectivity index (χ1v) is 10.9. The molecule has 158 valence electrons. The summed E-state index contributed by atoms with van der Waals surface area (Å²) >= 11 is 3.39. The summed E-state index contributed by atoms with van der Waals surface area (Å²) in [6.07, 6.45) is 5.24. The summed E-state index contributed by atoms with van der Waals surface area (Å²) in [7, 11) is 0. The van der Waals surface area contributed by atoms with Gasteiger partial charge in [0.15, 0.2) is 0 Å². The molecule has 4 rings (SSSR count). The molecule has 2 N–H and O–H groups in total. The third-order valence-corrected chi connectivity index (χ3v) is 5.82. The highest BCUT2D eigenvalue weighted by molar-refractivity contribution is 9.10. The lowest BCUT2D eigenvalue weighted by Crippen LogP contribution is -2.48. The monoisotopic (exact) mass is 479 g/mol. The van der Waals surface area contributed by atoms with E-state index in [1.807, 2.05) is 6.07 Å². The van der Waals surface area contributed by atoms with Crippen LogP contribution in [0.2, 0.25) is 0 Å². The Labute approximate surface area is 189 Å². The molecule has 8 heteroatoms. The lowest BCUT2D eigenvalue weighted by molar-refractivity contribution is 0.0934. The van der Waals surface area contributed by atoms with Gasteiger partial charge in [0.25, 0.3) is 11.8 Å². The van der Waals surface area contributed by atoms with Crippen LogP contribution in [0, 0.1) is 0 Å². The Hall–Kier alpha value is -3.26. The number of hydrogen-bond donors (Lipinski definition) is 2. The van der Waals surface area contributed by atoms with Gasteiger partial charge in [0.1, 0.15) is 0 Å². The number of para-hydroxylation sites is 1. The van der Waals surface area contributed by atoms with E-state index in [4.69, 9.17) is 0 Å². The van der Waals surface area contributed by atoms with Gasteiger partial charge in [-0.15, -0.1) is 0 Å². The van der Waals surface area contributed by atoms with Crippen molar-refractivity contribution in [3.8, 4) is 0 Å². The molecule has 0 aliphatic carbocycles. The molecular formula is C23H22BrN5O2. The van der Waals surface area contributed by atoms with E-state index >= 15 is 0 Å². The molecule has 0 spiro atoms. The van der Waals surface area contributed by atoms with E-state index < -0.39 is 0 Å². The topological polar surface area (TPSA) is 87.2 Å². The SMILES string of the molecule is O=C(Nc1ccccc1C(=O)NC1CCCN(c2ncccn2)C1)c1ccccc1Br. The third-order valence-electron chi connectivity index (χ3n) is 5.13. The molecule has 0 bridgehead atoms. The second kappa shape index (κ2) is 9.70. The summed E-state index contributed by atoms with van der Waals surface area (Å²) in [6.45, 7) is 1.50. The normalized spacial score (nSPS) is 15.9. The molecule has 3 aromatic rings. The van der Waals surface area contributed by atoms with Crippen molar-refractivity contribution in [3.05, 3.63) is 82.6 Å². The fourth-order valence-corrected chi connectivity index (χ4v) is 4.08. The first kappa shape index (κ1) is 21.0. The second-order valence-electron chi connectivity index (χ2n) is 7.29. The standard InChI is InChI=1S/C23H22BrN5O2/c24-19-10-3-1-8-17(19)21(30)28-20-11-4-2-9-18(20)22(31)27-16-7-5-14-29(15-16)23-25-12-6-13-26-23/h1-4,6,8-13,16H,5,7,14-15H2,(H,27,31)(H,28,30). The van der Waals surface area contributed by atoms with E-state index in [2.05, 4.69) is 41.4 Å². The number of anilines is 2. The zero-order chi connectivity index (χ0) is 21.6. The summed E-state index contributed by atoms with van der Waals surface area (Å²) in [5.41, 5.74) is 1.40. The highest BCUT2D eigenvalue weighted by Gasteiger charge is 2.24. The Balaban J connectivity index is 1.46. The van der Waals surface area contributed by atoms with Crippen LogP contribution in [-0.4, -0.2) is 40.9 Å². The van der Waals surface area contributed by atoms with Crippen LogP contribution < -0.4 is 15.5 Å². The molecule has 31 heavy (non-hydrogen) atoms. The van der Waals surface area contributed by atoms with Gasteiger partial charge in [0.2, 0.25) is 5.95 Å². The molecule has 0 saturated carbocycles. The van der Waals surface area contributed by atoms with E-state index in [0.29, 0.717) is 33.8 Å². The van der Waals surface area contributed by atoms with Crippen LogP contribution in [0.5, 0.6) is 0 Å². The lowest BCUT2D eigenvalue weighted by Gasteiger charge is -2.33. The summed E-state index contributed by atoms with van der Waals surface area (Å²) in [5.74, 6) is 0.171. The maximum absolute atomic E-state index is 13.0. The Morgan fingerprint density at radius 1 is 0.935 bits per heavy atom. The van der Waals surface area contributed by atoms with Crippen LogP contribution >= 0.6 is 15.9 Å². The van der Waals surface area contributed by atoms with Gasteiger partial charge in [-0.05, 0) is 59.1 Å². The number of carbonyl (C=O) groups excluding carboxylic acids is 2. The number of halogens is 1. The quantitative estimate of drug-likeness (QED) is 0.579. The summed E-state index contributed by atoms with van der Waals surface area (Å²) < 4.78 is 0.694. The van der Waals surface area contributed by atoms with Crippen molar-refractivity contribution in [3.63, 3.8) is 0 Å². The molecule has 1 saturated heterocycles. The van der Waals surface area contributed by atoms with E-state index in [0.717, 1.165) is 19.4 Å². The fraction of sp³-hybridized carbons (Fsp3) is 0.217. The van der Waals surface area contributed by atoms with Crippen LogP contribution in [0.3, 0.4) is 0 Å². The highest BCUT2D eigenvalue weighted by atomic mass is 79.9. The molecule has 1 aromatic heterocycles. The Morgan fingerprint density at radius 2 is 1.65 bits per heavy atom. The minimum Gasteiger partial charge on any atom is -0.347 e. The number of rotatable bonds is 5. The van der Waals surface area contributed by atoms with Gasteiger partial charge in [-0.3, -0.25) is 9.59 Å². The van der Waals surface area contributed by atoms with Crippen molar-refractivity contribution in [2.24, 2.45) is 0 Å². The van der Waals surface area contributed by atoms with Gasteiger partial charge in [-0.2, -0.15) is 0 Å². The zero-order valence-electron chi connectivity index (χ0n) is 16.8. The smallest absolute Gasteiger partial charge is 0.256 e. The first-order valence-electron chi connectivity index (χ1n) is 10.1. The Bertz CT molecular complexity index is 1080. The summed E-state index contributed by atoms with van der Waals surface area (Å²) in [4.78, 5) is 36.4. The second-order valence-corrected chi connectivity index (χ2v) is 8.14. The van der Waals surface area contributed by atoms with Crippen LogP contribution in [0.1, 0.15) is 33.6 Å². The third kappa shape index (κ3) is 5.08. The van der Waals surface area contributed by atoms with Crippen molar-refractivity contribution in [2.75, 3.05) is 23.3 Å². The molecule has 1 fully saturated rings. The van der Waals surface area contributed by atoms with Crippen molar-refractivity contribution in [2.45, 2.75) is 18.9 Å². The van der Waals surface area contributed by atoms with E-state index in [1.165, 1.54) is 0 Å². The van der Waals surface area contributed by atoms with Gasteiger partial charge in [-0.1, -0.05) is 24.3 Å². The highest BCUT2D eigenvalue weighted by Crippen LogP contribution is 2.21. The molecule has 2 amide bonds. The Morgan fingerprint density at radius 3 is 2.42 bits per heavy atom. The number of nitrogens with one attached hydrogen (secondary N) is 2. The molecule has 0 radical (unpaired) electrons. The van der Waals surface area contributed by atoms with Crippen molar-refractivity contribution in [1.29, 1.82) is 0 Å².